The molecule has 1 amide bonds. The van der Waals surface area contributed by atoms with Crippen LogP contribution in [0.5, 0.6) is 5.75 Å². The molecule has 0 spiro atoms. The number of benzene rings is 2. The Morgan fingerprint density at radius 3 is 2.17 bits per heavy atom. The Morgan fingerprint density at radius 2 is 1.61 bits per heavy atom. The predicted molar refractivity (Wildman–Crippen MR) is 89.2 cm³/mol. The topological polar surface area (TPSA) is 55.4 Å². The third-order valence-corrected chi connectivity index (χ3v) is 3.57. The molecule has 0 saturated heterocycles. The van der Waals surface area contributed by atoms with Crippen molar-refractivity contribution in [2.75, 3.05) is 0 Å². The molecule has 0 unspecified atom stereocenters. The standard InChI is InChI=1S/C19H21NO3/c1-13-8-7-9-14(2)19(13)23-18(22)12-17(20-15(3)21)16-10-5-4-6-11-16/h4-11,17H,12H2,1-3H3,(H,20,21)/t17-/m1/s1. The summed E-state index contributed by atoms with van der Waals surface area (Å²) in [7, 11) is 0. The van der Waals surface area contributed by atoms with Crippen molar-refractivity contribution in [3.05, 3.63) is 65.2 Å². The summed E-state index contributed by atoms with van der Waals surface area (Å²) in [6, 6.07) is 14.7. The molecule has 4 nitrogen and oxygen atoms in total. The summed E-state index contributed by atoms with van der Waals surface area (Å²) in [4.78, 5) is 23.7. The first-order chi connectivity index (χ1) is 11.0. The van der Waals surface area contributed by atoms with E-state index in [1.54, 1.807) is 0 Å². The minimum Gasteiger partial charge on any atom is -0.426 e. The maximum absolute atomic E-state index is 12.3. The number of hydrogen-bond acceptors (Lipinski definition) is 3. The second-order valence-electron chi connectivity index (χ2n) is 5.56. The van der Waals surface area contributed by atoms with Gasteiger partial charge in [0, 0.05) is 6.92 Å². The van der Waals surface area contributed by atoms with Crippen LogP contribution in [0.2, 0.25) is 0 Å². The number of aryl methyl sites for hydroxylation is 2. The zero-order valence-corrected chi connectivity index (χ0v) is 13.6. The fourth-order valence-electron chi connectivity index (χ4n) is 2.47. The Kier molecular flexibility index (Phi) is 5.52. The molecule has 2 rings (SSSR count). The lowest BCUT2D eigenvalue weighted by Crippen LogP contribution is -2.29. The van der Waals surface area contributed by atoms with Gasteiger partial charge in [0.15, 0.2) is 0 Å². The molecular weight excluding hydrogens is 290 g/mol. The maximum Gasteiger partial charge on any atom is 0.313 e. The molecular formula is C19H21NO3. The minimum atomic E-state index is -0.398. The van der Waals surface area contributed by atoms with Crippen molar-refractivity contribution in [2.45, 2.75) is 33.2 Å². The lowest BCUT2D eigenvalue weighted by Gasteiger charge is -2.18. The van der Waals surface area contributed by atoms with Gasteiger partial charge < -0.3 is 10.1 Å². The Balaban J connectivity index is 2.13. The van der Waals surface area contributed by atoms with Gasteiger partial charge in [-0.3, -0.25) is 9.59 Å². The largest absolute Gasteiger partial charge is 0.426 e. The number of carbonyl (C=O) groups is 2. The molecule has 2 aromatic rings. The lowest BCUT2D eigenvalue weighted by atomic mass is 10.0. The first kappa shape index (κ1) is 16.7. The molecule has 0 aromatic heterocycles. The number of para-hydroxylation sites is 1. The molecule has 2 aromatic carbocycles. The van der Waals surface area contributed by atoms with Gasteiger partial charge in [-0.15, -0.1) is 0 Å². The fraction of sp³-hybridized carbons (Fsp3) is 0.263. The first-order valence-electron chi connectivity index (χ1n) is 7.56. The second-order valence-corrected chi connectivity index (χ2v) is 5.56. The Hall–Kier alpha value is -2.62. The van der Waals surface area contributed by atoms with Crippen LogP contribution in [0.3, 0.4) is 0 Å². The monoisotopic (exact) mass is 311 g/mol. The SMILES string of the molecule is CC(=O)N[C@H](CC(=O)Oc1c(C)cccc1C)c1ccccc1. The van der Waals surface area contributed by atoms with Gasteiger partial charge in [-0.1, -0.05) is 48.5 Å². The number of carbonyl (C=O) groups excluding carboxylic acids is 2. The van der Waals surface area contributed by atoms with Crippen LogP contribution in [-0.2, 0) is 9.59 Å². The summed E-state index contributed by atoms with van der Waals surface area (Å²) < 4.78 is 5.52. The van der Waals surface area contributed by atoms with E-state index in [2.05, 4.69) is 5.32 Å². The van der Waals surface area contributed by atoms with Crippen LogP contribution >= 0.6 is 0 Å². The molecule has 0 aliphatic carbocycles. The third-order valence-electron chi connectivity index (χ3n) is 3.57. The van der Waals surface area contributed by atoms with Gasteiger partial charge in [-0.25, -0.2) is 0 Å². The van der Waals surface area contributed by atoms with Crippen molar-refractivity contribution in [3.63, 3.8) is 0 Å². The number of amides is 1. The molecule has 23 heavy (non-hydrogen) atoms. The van der Waals surface area contributed by atoms with Crippen LogP contribution in [0, 0.1) is 13.8 Å². The van der Waals surface area contributed by atoms with Crippen LogP contribution in [0.25, 0.3) is 0 Å². The molecule has 120 valence electrons. The summed E-state index contributed by atoms with van der Waals surface area (Å²) in [6.45, 7) is 5.24. The minimum absolute atomic E-state index is 0.0807. The second kappa shape index (κ2) is 7.58. The quantitative estimate of drug-likeness (QED) is 0.679. The average molecular weight is 311 g/mol. The highest BCUT2D eigenvalue weighted by Gasteiger charge is 2.19. The van der Waals surface area contributed by atoms with Crippen LogP contribution in [0.1, 0.15) is 36.1 Å². The van der Waals surface area contributed by atoms with Crippen LogP contribution in [-0.4, -0.2) is 11.9 Å². The van der Waals surface area contributed by atoms with Crippen LogP contribution < -0.4 is 10.1 Å². The zero-order chi connectivity index (χ0) is 16.8. The number of esters is 1. The Morgan fingerprint density at radius 1 is 1.00 bits per heavy atom. The third kappa shape index (κ3) is 4.68. The van der Waals surface area contributed by atoms with E-state index in [-0.39, 0.29) is 18.3 Å². The highest BCUT2D eigenvalue weighted by molar-refractivity contribution is 5.77. The van der Waals surface area contributed by atoms with Crippen LogP contribution in [0.4, 0.5) is 0 Å². The molecule has 1 atom stereocenters. The Bertz CT molecular complexity index is 675. The van der Waals surface area contributed by atoms with Gasteiger partial charge in [-0.2, -0.15) is 0 Å². The molecule has 0 heterocycles. The van der Waals surface area contributed by atoms with Gasteiger partial charge in [-0.05, 0) is 30.5 Å². The number of ether oxygens (including phenoxy) is 1. The van der Waals surface area contributed by atoms with Gasteiger partial charge in [0.25, 0.3) is 0 Å². The summed E-state index contributed by atoms with van der Waals surface area (Å²) in [5.41, 5.74) is 2.70. The number of nitrogens with one attached hydrogen (secondary N) is 1. The predicted octanol–water partition coefficient (Wildman–Crippen LogP) is 3.48. The normalized spacial score (nSPS) is 11.6. The molecule has 0 radical (unpaired) electrons. The molecule has 0 aliphatic rings. The highest BCUT2D eigenvalue weighted by Crippen LogP contribution is 2.24. The van der Waals surface area contributed by atoms with Gasteiger partial charge >= 0.3 is 5.97 Å². The van der Waals surface area contributed by atoms with E-state index in [0.29, 0.717) is 5.75 Å². The highest BCUT2D eigenvalue weighted by atomic mass is 16.5. The van der Waals surface area contributed by atoms with Crippen molar-refractivity contribution < 1.29 is 14.3 Å². The van der Waals surface area contributed by atoms with E-state index in [1.165, 1.54) is 6.92 Å². The smallest absolute Gasteiger partial charge is 0.313 e. The van der Waals surface area contributed by atoms with E-state index in [1.807, 2.05) is 62.4 Å². The van der Waals surface area contributed by atoms with E-state index in [4.69, 9.17) is 4.74 Å². The van der Waals surface area contributed by atoms with Gasteiger partial charge in [0.1, 0.15) is 5.75 Å². The molecule has 0 fully saturated rings. The van der Waals surface area contributed by atoms with Crippen molar-refractivity contribution in [2.24, 2.45) is 0 Å². The van der Waals surface area contributed by atoms with Crippen LogP contribution in [0.15, 0.2) is 48.5 Å². The first-order valence-corrected chi connectivity index (χ1v) is 7.56. The van der Waals surface area contributed by atoms with Crippen molar-refractivity contribution in [1.82, 2.24) is 5.32 Å². The average Bonchev–Trinajstić information content (AvgIpc) is 2.51. The summed E-state index contributed by atoms with van der Waals surface area (Å²) in [6.07, 6.45) is 0.0807. The van der Waals surface area contributed by atoms with Gasteiger partial charge in [0.05, 0.1) is 12.5 Å². The van der Waals surface area contributed by atoms with E-state index >= 15 is 0 Å². The molecule has 1 N–H and O–H groups in total. The summed E-state index contributed by atoms with van der Waals surface area (Å²) in [5, 5.41) is 2.80. The van der Waals surface area contributed by atoms with Crippen molar-refractivity contribution in [3.8, 4) is 5.75 Å². The van der Waals surface area contributed by atoms with E-state index in [9.17, 15) is 9.59 Å². The molecule has 0 aliphatic heterocycles. The lowest BCUT2D eigenvalue weighted by molar-refractivity contribution is -0.135. The maximum atomic E-state index is 12.3. The molecule has 4 heteroatoms. The van der Waals surface area contributed by atoms with Gasteiger partial charge in [0.2, 0.25) is 5.91 Å². The van der Waals surface area contributed by atoms with E-state index < -0.39 is 6.04 Å². The zero-order valence-electron chi connectivity index (χ0n) is 13.6. The number of hydrogen-bond donors (Lipinski definition) is 1. The van der Waals surface area contributed by atoms with Crippen molar-refractivity contribution in [1.29, 1.82) is 0 Å². The number of rotatable bonds is 5. The molecule has 0 bridgehead atoms. The summed E-state index contributed by atoms with van der Waals surface area (Å²) >= 11 is 0. The molecule has 0 saturated carbocycles. The Labute approximate surface area is 136 Å². The fourth-order valence-corrected chi connectivity index (χ4v) is 2.47. The van der Waals surface area contributed by atoms with E-state index in [0.717, 1.165) is 16.7 Å². The summed E-state index contributed by atoms with van der Waals surface area (Å²) in [5.74, 6) is 0.0378. The van der Waals surface area contributed by atoms with Crippen molar-refractivity contribution >= 4 is 11.9 Å².